The van der Waals surface area contributed by atoms with E-state index in [0.29, 0.717) is 5.56 Å². The van der Waals surface area contributed by atoms with Crippen molar-refractivity contribution in [1.82, 2.24) is 9.88 Å². The molecular formula is C21H20N2O2. The van der Waals surface area contributed by atoms with Gasteiger partial charge in [0.15, 0.2) is 0 Å². The number of aromatic amines is 1. The van der Waals surface area contributed by atoms with Crippen LogP contribution in [0.1, 0.15) is 27.2 Å². The Hall–Kier alpha value is -2.85. The fourth-order valence-electron chi connectivity index (χ4n) is 3.67. The van der Waals surface area contributed by atoms with Crippen LogP contribution in [-0.4, -0.2) is 29.5 Å². The molecule has 0 aliphatic carbocycles. The lowest BCUT2D eigenvalue weighted by atomic mass is 9.96. The fourth-order valence-corrected chi connectivity index (χ4v) is 3.67. The van der Waals surface area contributed by atoms with E-state index in [4.69, 9.17) is 4.74 Å². The molecule has 4 nitrogen and oxygen atoms in total. The number of aromatic nitrogens is 1. The molecule has 0 saturated heterocycles. The van der Waals surface area contributed by atoms with Crippen LogP contribution < -0.4 is 0 Å². The molecule has 4 heteroatoms. The summed E-state index contributed by atoms with van der Waals surface area (Å²) in [6.07, 6.45) is 0. The normalized spacial score (nSPS) is 14.5. The van der Waals surface area contributed by atoms with Crippen LogP contribution in [0.25, 0.3) is 16.5 Å². The first-order valence-corrected chi connectivity index (χ1v) is 8.33. The van der Waals surface area contributed by atoms with E-state index in [2.05, 4.69) is 40.7 Å². The number of carbonyl (C=O) groups excluding carboxylic acids is 1. The van der Waals surface area contributed by atoms with Gasteiger partial charge in [0.25, 0.3) is 0 Å². The van der Waals surface area contributed by atoms with Gasteiger partial charge in [0.1, 0.15) is 0 Å². The number of nitrogens with one attached hydrogen (secondary N) is 1. The lowest BCUT2D eigenvalue weighted by Gasteiger charge is -2.28. The summed E-state index contributed by atoms with van der Waals surface area (Å²) in [5.74, 6) is -0.313. The molecule has 2 heterocycles. The topological polar surface area (TPSA) is 45.3 Å². The van der Waals surface area contributed by atoms with Gasteiger partial charge in [-0.3, -0.25) is 4.90 Å². The van der Waals surface area contributed by atoms with Crippen LogP contribution in [-0.2, 0) is 17.8 Å². The number of hydrogen-bond donors (Lipinski definition) is 1. The van der Waals surface area contributed by atoms with Crippen LogP contribution in [0.3, 0.4) is 0 Å². The van der Waals surface area contributed by atoms with Gasteiger partial charge in [0.05, 0.1) is 12.7 Å². The van der Waals surface area contributed by atoms with E-state index in [0.717, 1.165) is 47.4 Å². The smallest absolute Gasteiger partial charge is 0.338 e. The molecular weight excluding hydrogens is 312 g/mol. The van der Waals surface area contributed by atoms with Crippen LogP contribution in [0, 0.1) is 0 Å². The average molecular weight is 332 g/mol. The second-order valence-corrected chi connectivity index (χ2v) is 6.43. The largest absolute Gasteiger partial charge is 0.465 e. The van der Waals surface area contributed by atoms with Crippen molar-refractivity contribution in [2.75, 3.05) is 13.7 Å². The molecule has 0 radical (unpaired) electrons. The molecule has 1 aliphatic heterocycles. The quantitative estimate of drug-likeness (QED) is 0.738. The first-order valence-electron chi connectivity index (χ1n) is 8.33. The van der Waals surface area contributed by atoms with E-state index in [1.54, 1.807) is 0 Å². The Morgan fingerprint density at radius 2 is 1.96 bits per heavy atom. The van der Waals surface area contributed by atoms with Crippen molar-refractivity contribution < 1.29 is 9.53 Å². The highest BCUT2D eigenvalue weighted by atomic mass is 16.5. The summed E-state index contributed by atoms with van der Waals surface area (Å²) in [4.78, 5) is 18.0. The molecule has 25 heavy (non-hydrogen) atoms. The standard InChI is InChI=1S/C21H20N2O2/c1-14-11-23(12-15-7-4-3-5-8-15)13-18-19(14)20-16(21(24)25-2)9-6-10-17(20)22-18/h3-10,22H,1,11-13H2,2H3. The van der Waals surface area contributed by atoms with Crippen molar-refractivity contribution in [1.29, 1.82) is 0 Å². The molecule has 0 saturated carbocycles. The maximum Gasteiger partial charge on any atom is 0.338 e. The van der Waals surface area contributed by atoms with Crippen LogP contribution in [0.4, 0.5) is 0 Å². The summed E-state index contributed by atoms with van der Waals surface area (Å²) in [6, 6.07) is 16.1. The lowest BCUT2D eigenvalue weighted by molar-refractivity contribution is 0.0603. The number of carbonyl (C=O) groups is 1. The number of rotatable bonds is 3. The molecule has 0 bridgehead atoms. The van der Waals surface area contributed by atoms with Gasteiger partial charge in [-0.25, -0.2) is 4.79 Å². The molecule has 0 amide bonds. The highest BCUT2D eigenvalue weighted by Gasteiger charge is 2.26. The Bertz CT molecular complexity index is 957. The van der Waals surface area contributed by atoms with Gasteiger partial charge in [-0.15, -0.1) is 0 Å². The highest BCUT2D eigenvalue weighted by Crippen LogP contribution is 2.35. The van der Waals surface area contributed by atoms with E-state index >= 15 is 0 Å². The van der Waals surface area contributed by atoms with Gasteiger partial charge < -0.3 is 9.72 Å². The van der Waals surface area contributed by atoms with Gasteiger partial charge in [-0.2, -0.15) is 0 Å². The minimum Gasteiger partial charge on any atom is -0.465 e. The maximum atomic E-state index is 12.1. The number of benzene rings is 2. The van der Waals surface area contributed by atoms with Gasteiger partial charge in [-0.1, -0.05) is 43.0 Å². The highest BCUT2D eigenvalue weighted by molar-refractivity contribution is 6.09. The Morgan fingerprint density at radius 3 is 2.72 bits per heavy atom. The third-order valence-electron chi connectivity index (χ3n) is 4.71. The molecule has 0 fully saturated rings. The third kappa shape index (κ3) is 2.75. The van der Waals surface area contributed by atoms with E-state index in [1.165, 1.54) is 12.7 Å². The van der Waals surface area contributed by atoms with Crippen molar-refractivity contribution in [2.24, 2.45) is 0 Å². The van der Waals surface area contributed by atoms with Crippen LogP contribution in [0.15, 0.2) is 55.1 Å². The maximum absolute atomic E-state index is 12.1. The molecule has 1 aliphatic rings. The van der Waals surface area contributed by atoms with Crippen molar-refractivity contribution in [2.45, 2.75) is 13.1 Å². The predicted molar refractivity (Wildman–Crippen MR) is 99.2 cm³/mol. The summed E-state index contributed by atoms with van der Waals surface area (Å²) in [5, 5.41) is 0.925. The molecule has 0 atom stereocenters. The number of H-pyrrole nitrogens is 1. The second-order valence-electron chi connectivity index (χ2n) is 6.43. The summed E-state index contributed by atoms with van der Waals surface area (Å²) < 4.78 is 4.95. The van der Waals surface area contributed by atoms with Crippen LogP contribution in [0.5, 0.6) is 0 Å². The summed E-state index contributed by atoms with van der Waals surface area (Å²) >= 11 is 0. The van der Waals surface area contributed by atoms with Gasteiger partial charge in [0.2, 0.25) is 0 Å². The first kappa shape index (κ1) is 15.7. The zero-order chi connectivity index (χ0) is 17.4. The number of fused-ring (bicyclic) bond motifs is 3. The van der Waals surface area contributed by atoms with Crippen molar-refractivity contribution in [3.8, 4) is 0 Å². The number of methoxy groups -OCH3 is 1. The monoisotopic (exact) mass is 332 g/mol. The molecule has 4 rings (SSSR count). The zero-order valence-electron chi connectivity index (χ0n) is 14.2. The lowest BCUT2D eigenvalue weighted by Crippen LogP contribution is -2.29. The Morgan fingerprint density at radius 1 is 1.16 bits per heavy atom. The Balaban J connectivity index is 1.73. The van der Waals surface area contributed by atoms with Crippen molar-refractivity contribution >= 4 is 22.4 Å². The SMILES string of the molecule is C=C1CN(Cc2ccccc2)Cc2[nH]c3cccc(C(=O)OC)c3c21. The number of hydrogen-bond acceptors (Lipinski definition) is 3. The average Bonchev–Trinajstić information content (AvgIpc) is 3.00. The fraction of sp³-hybridized carbons (Fsp3) is 0.190. The summed E-state index contributed by atoms with van der Waals surface area (Å²) in [7, 11) is 1.41. The van der Waals surface area contributed by atoms with Gasteiger partial charge in [0, 0.05) is 41.8 Å². The van der Waals surface area contributed by atoms with Crippen LogP contribution >= 0.6 is 0 Å². The molecule has 0 unspecified atom stereocenters. The van der Waals surface area contributed by atoms with Crippen molar-refractivity contribution in [3.63, 3.8) is 0 Å². The molecule has 1 N–H and O–H groups in total. The molecule has 2 aromatic carbocycles. The zero-order valence-corrected chi connectivity index (χ0v) is 14.2. The number of esters is 1. The minimum atomic E-state index is -0.313. The van der Waals surface area contributed by atoms with Gasteiger partial charge >= 0.3 is 5.97 Å². The molecule has 1 aromatic heterocycles. The van der Waals surface area contributed by atoms with Gasteiger partial charge in [-0.05, 0) is 23.3 Å². The van der Waals surface area contributed by atoms with E-state index in [1.807, 2.05) is 24.3 Å². The summed E-state index contributed by atoms with van der Waals surface area (Å²) in [6.45, 7) is 6.74. The summed E-state index contributed by atoms with van der Waals surface area (Å²) in [5.41, 5.74) is 6.04. The first-order chi connectivity index (χ1) is 12.2. The Kier molecular flexibility index (Phi) is 3.90. The molecule has 3 aromatic rings. The van der Waals surface area contributed by atoms with Crippen molar-refractivity contribution in [3.05, 3.63) is 77.5 Å². The number of ether oxygens (including phenoxy) is 1. The predicted octanol–water partition coefficient (Wildman–Crippen LogP) is 3.98. The molecule has 0 spiro atoms. The van der Waals surface area contributed by atoms with E-state index in [-0.39, 0.29) is 5.97 Å². The second kappa shape index (κ2) is 6.22. The minimum absolute atomic E-state index is 0.313. The third-order valence-corrected chi connectivity index (χ3v) is 4.71. The Labute approximate surface area is 146 Å². The van der Waals surface area contributed by atoms with Crippen LogP contribution in [0.2, 0.25) is 0 Å². The van der Waals surface area contributed by atoms with E-state index < -0.39 is 0 Å². The molecule has 126 valence electrons. The van der Waals surface area contributed by atoms with E-state index in [9.17, 15) is 4.79 Å². The number of nitrogens with zero attached hydrogens (tertiary/aromatic N) is 1.